The summed E-state index contributed by atoms with van der Waals surface area (Å²) in [7, 11) is 0. The zero-order valence-corrected chi connectivity index (χ0v) is 20.5. The summed E-state index contributed by atoms with van der Waals surface area (Å²) in [5, 5.41) is 9.52. The summed E-state index contributed by atoms with van der Waals surface area (Å²) >= 11 is 6.16. The number of halogens is 1. The van der Waals surface area contributed by atoms with Crippen LogP contribution in [0.4, 0.5) is 0 Å². The van der Waals surface area contributed by atoms with Gasteiger partial charge in [-0.1, -0.05) is 29.3 Å². The molecule has 0 saturated carbocycles. The number of aryl methyl sites for hydroxylation is 1. The number of esters is 1. The van der Waals surface area contributed by atoms with Crippen LogP contribution in [0.3, 0.4) is 0 Å². The van der Waals surface area contributed by atoms with E-state index in [-0.39, 0.29) is 12.4 Å². The highest BCUT2D eigenvalue weighted by molar-refractivity contribution is 6.30. The standard InChI is InChI=1S/C25H29ClN4O2/c1-14-12-19-21(15(14)2)22(17-8-10-18(26)11-9-17)27-25(7,13-20(31)32-24(4,5)6)23-29-28-16(3)30(19)23/h8-11H,12-13H2,1-7H3/t25-/m0/s1. The van der Waals surface area contributed by atoms with Crippen LogP contribution in [0.2, 0.25) is 5.02 Å². The molecule has 1 atom stereocenters. The number of ether oxygens (including phenoxy) is 1. The molecule has 1 aliphatic heterocycles. The fraction of sp³-hybridized carbons (Fsp3) is 0.440. The second-order valence-electron chi connectivity index (χ2n) is 9.81. The quantitative estimate of drug-likeness (QED) is 0.565. The lowest BCUT2D eigenvalue weighted by molar-refractivity contribution is -0.156. The van der Waals surface area contributed by atoms with Crippen molar-refractivity contribution in [3.8, 4) is 0 Å². The minimum absolute atomic E-state index is 0.0573. The lowest BCUT2D eigenvalue weighted by Gasteiger charge is -2.27. The molecule has 4 rings (SSSR count). The van der Waals surface area contributed by atoms with Gasteiger partial charge in [0.05, 0.1) is 12.1 Å². The second kappa shape index (κ2) is 7.69. The van der Waals surface area contributed by atoms with Crippen molar-refractivity contribution in [3.05, 3.63) is 63.2 Å². The summed E-state index contributed by atoms with van der Waals surface area (Å²) in [4.78, 5) is 18.1. The van der Waals surface area contributed by atoms with Gasteiger partial charge < -0.3 is 4.74 Å². The molecule has 0 spiro atoms. The number of aliphatic imine (C=N–C) groups is 1. The summed E-state index contributed by atoms with van der Waals surface area (Å²) in [6, 6.07) is 7.67. The van der Waals surface area contributed by atoms with Gasteiger partial charge in [0.15, 0.2) is 5.82 Å². The molecular formula is C25H29ClN4O2. The zero-order chi connectivity index (χ0) is 23.4. The third-order valence-electron chi connectivity index (χ3n) is 5.93. The largest absolute Gasteiger partial charge is 0.460 e. The van der Waals surface area contributed by atoms with Crippen molar-refractivity contribution in [3.63, 3.8) is 0 Å². The molecule has 1 aromatic heterocycles. The molecular weight excluding hydrogens is 424 g/mol. The summed E-state index contributed by atoms with van der Waals surface area (Å²) < 4.78 is 7.73. The van der Waals surface area contributed by atoms with Gasteiger partial charge in [0, 0.05) is 28.3 Å². The first-order valence-electron chi connectivity index (χ1n) is 10.8. The van der Waals surface area contributed by atoms with E-state index in [0.29, 0.717) is 10.8 Å². The van der Waals surface area contributed by atoms with Crippen LogP contribution in [0.15, 0.2) is 46.0 Å². The van der Waals surface area contributed by atoms with E-state index in [1.54, 1.807) is 0 Å². The molecule has 0 saturated heterocycles. The zero-order valence-electron chi connectivity index (χ0n) is 19.7. The number of hydrogen-bond acceptors (Lipinski definition) is 5. The number of allylic oxidation sites excluding steroid dienone is 4. The Morgan fingerprint density at radius 2 is 1.81 bits per heavy atom. The highest BCUT2D eigenvalue weighted by atomic mass is 35.5. The lowest BCUT2D eigenvalue weighted by atomic mass is 9.94. The summed E-state index contributed by atoms with van der Waals surface area (Å²) in [6.07, 6.45) is 0.837. The Labute approximate surface area is 194 Å². The highest BCUT2D eigenvalue weighted by Crippen LogP contribution is 2.44. The first kappa shape index (κ1) is 22.5. The molecule has 0 unspecified atom stereocenters. The highest BCUT2D eigenvalue weighted by Gasteiger charge is 2.42. The molecule has 6 nitrogen and oxygen atoms in total. The Morgan fingerprint density at radius 3 is 2.44 bits per heavy atom. The number of fused-ring (bicyclic) bond motifs is 2. The van der Waals surface area contributed by atoms with Crippen molar-refractivity contribution in [2.24, 2.45) is 4.99 Å². The van der Waals surface area contributed by atoms with E-state index >= 15 is 0 Å². The average molecular weight is 453 g/mol. The molecule has 1 aromatic carbocycles. The first-order valence-corrected chi connectivity index (χ1v) is 11.2. The van der Waals surface area contributed by atoms with Crippen LogP contribution >= 0.6 is 11.6 Å². The first-order chi connectivity index (χ1) is 14.9. The van der Waals surface area contributed by atoms with Gasteiger partial charge in [0.2, 0.25) is 0 Å². The number of hydrogen-bond donors (Lipinski definition) is 0. The van der Waals surface area contributed by atoms with E-state index in [2.05, 4.69) is 28.6 Å². The van der Waals surface area contributed by atoms with E-state index in [1.165, 1.54) is 11.1 Å². The molecule has 1 aliphatic carbocycles. The van der Waals surface area contributed by atoms with E-state index in [1.807, 2.05) is 58.9 Å². The number of carbonyl (C=O) groups is 1. The number of aromatic nitrogens is 3. The molecule has 0 fully saturated rings. The van der Waals surface area contributed by atoms with Crippen LogP contribution in [-0.4, -0.2) is 32.0 Å². The number of carbonyl (C=O) groups excluding carboxylic acids is 1. The Hall–Kier alpha value is -2.73. The topological polar surface area (TPSA) is 69.4 Å². The maximum atomic E-state index is 12.9. The molecule has 2 aliphatic rings. The third kappa shape index (κ3) is 3.92. The molecule has 0 bridgehead atoms. The third-order valence-corrected chi connectivity index (χ3v) is 6.19. The van der Waals surface area contributed by atoms with E-state index in [4.69, 9.17) is 21.3 Å². The fourth-order valence-corrected chi connectivity index (χ4v) is 4.51. The van der Waals surface area contributed by atoms with Crippen molar-refractivity contribution in [1.29, 1.82) is 0 Å². The molecule has 0 radical (unpaired) electrons. The normalized spacial score (nSPS) is 20.7. The van der Waals surface area contributed by atoms with Crippen LogP contribution in [0, 0.1) is 6.92 Å². The number of benzene rings is 1. The van der Waals surface area contributed by atoms with Crippen molar-refractivity contribution in [1.82, 2.24) is 14.8 Å². The maximum absolute atomic E-state index is 12.9. The Balaban J connectivity index is 1.95. The van der Waals surface area contributed by atoms with Crippen LogP contribution in [-0.2, 0) is 15.1 Å². The molecule has 0 amide bonds. The van der Waals surface area contributed by atoms with Gasteiger partial charge in [-0.15, -0.1) is 10.2 Å². The van der Waals surface area contributed by atoms with Crippen molar-refractivity contribution >= 4 is 29.0 Å². The van der Waals surface area contributed by atoms with Gasteiger partial charge in [-0.05, 0) is 66.2 Å². The average Bonchev–Trinajstić information content (AvgIpc) is 3.16. The van der Waals surface area contributed by atoms with Crippen molar-refractivity contribution in [2.75, 3.05) is 0 Å². The monoisotopic (exact) mass is 452 g/mol. The van der Waals surface area contributed by atoms with Crippen LogP contribution in [0.25, 0.3) is 5.70 Å². The van der Waals surface area contributed by atoms with Crippen LogP contribution in [0.1, 0.15) is 71.6 Å². The van der Waals surface area contributed by atoms with E-state index in [0.717, 1.165) is 34.8 Å². The summed E-state index contributed by atoms with van der Waals surface area (Å²) in [6.45, 7) is 13.7. The smallest absolute Gasteiger partial charge is 0.309 e. The van der Waals surface area contributed by atoms with E-state index < -0.39 is 11.1 Å². The Morgan fingerprint density at radius 1 is 1.16 bits per heavy atom. The van der Waals surface area contributed by atoms with Gasteiger partial charge in [0.25, 0.3) is 0 Å². The van der Waals surface area contributed by atoms with Gasteiger partial charge in [-0.3, -0.25) is 14.4 Å². The van der Waals surface area contributed by atoms with Crippen molar-refractivity contribution in [2.45, 2.75) is 72.4 Å². The Bertz CT molecular complexity index is 1200. The number of rotatable bonds is 3. The second-order valence-corrected chi connectivity index (χ2v) is 10.3. The predicted molar refractivity (Wildman–Crippen MR) is 127 cm³/mol. The number of nitrogens with zero attached hydrogens (tertiary/aromatic N) is 4. The summed E-state index contributed by atoms with van der Waals surface area (Å²) in [5.74, 6) is 1.11. The van der Waals surface area contributed by atoms with Gasteiger partial charge >= 0.3 is 5.97 Å². The van der Waals surface area contributed by atoms with Crippen LogP contribution in [0.5, 0.6) is 0 Å². The molecule has 2 heterocycles. The van der Waals surface area contributed by atoms with Crippen LogP contribution < -0.4 is 0 Å². The van der Waals surface area contributed by atoms with E-state index in [9.17, 15) is 4.79 Å². The predicted octanol–water partition coefficient (Wildman–Crippen LogP) is 5.64. The van der Waals surface area contributed by atoms with Gasteiger partial charge in [-0.2, -0.15) is 0 Å². The Kier molecular flexibility index (Phi) is 5.40. The molecule has 2 aromatic rings. The summed E-state index contributed by atoms with van der Waals surface area (Å²) in [5.41, 5.74) is 4.89. The molecule has 168 valence electrons. The van der Waals surface area contributed by atoms with Crippen molar-refractivity contribution < 1.29 is 9.53 Å². The minimum atomic E-state index is -0.947. The van der Waals surface area contributed by atoms with Gasteiger partial charge in [-0.25, -0.2) is 0 Å². The molecule has 32 heavy (non-hydrogen) atoms. The fourth-order valence-electron chi connectivity index (χ4n) is 4.39. The maximum Gasteiger partial charge on any atom is 0.309 e. The molecule has 0 N–H and O–H groups in total. The lowest BCUT2D eigenvalue weighted by Crippen LogP contribution is -2.32. The molecule has 7 heteroatoms. The van der Waals surface area contributed by atoms with Gasteiger partial charge in [0.1, 0.15) is 17.0 Å². The SMILES string of the molecule is CC1=C(C)C2=C(C1)n1c(C)nnc1[C@](C)(CC(=O)OC(C)(C)C)N=C2c1ccc(Cl)cc1. The minimum Gasteiger partial charge on any atom is -0.460 e.